The van der Waals surface area contributed by atoms with E-state index in [1.165, 1.54) is 37.4 Å². The molecule has 1 amide bonds. The molecule has 10 heteroatoms. The Kier molecular flexibility index (Phi) is 7.24. The monoisotopic (exact) mass is 478 g/mol. The van der Waals surface area contributed by atoms with Crippen LogP contribution in [0.1, 0.15) is 17.5 Å². The molecule has 1 N–H and O–H groups in total. The second-order valence-electron chi connectivity index (χ2n) is 6.01. The fourth-order valence-electron chi connectivity index (χ4n) is 2.46. The molecule has 0 fully saturated rings. The molecular weight excluding hydrogens is 461 g/mol. The maximum atomic E-state index is 13.0. The first-order chi connectivity index (χ1) is 13.0. The van der Waals surface area contributed by atoms with Crippen molar-refractivity contribution in [1.29, 1.82) is 0 Å². The minimum Gasteiger partial charge on any atom is -0.341 e. The van der Waals surface area contributed by atoms with Gasteiger partial charge in [0.25, 0.3) is 0 Å². The van der Waals surface area contributed by atoms with E-state index in [0.29, 0.717) is 0 Å². The second kappa shape index (κ2) is 9.06. The number of halogens is 4. The normalized spacial score (nSPS) is 12.0. The Morgan fingerprint density at radius 2 is 1.71 bits per heavy atom. The highest BCUT2D eigenvalue weighted by Crippen LogP contribution is 2.32. The van der Waals surface area contributed by atoms with Gasteiger partial charge in [-0.1, -0.05) is 34.1 Å². The van der Waals surface area contributed by atoms with E-state index in [9.17, 15) is 26.4 Å². The van der Waals surface area contributed by atoms with Gasteiger partial charge in [0.15, 0.2) is 0 Å². The van der Waals surface area contributed by atoms with Gasteiger partial charge in [-0.3, -0.25) is 4.79 Å². The van der Waals surface area contributed by atoms with Crippen LogP contribution in [-0.2, 0) is 27.5 Å². The van der Waals surface area contributed by atoms with Gasteiger partial charge in [0.1, 0.15) is 0 Å². The number of carbonyl (C=O) groups is 1. The average molecular weight is 479 g/mol. The summed E-state index contributed by atoms with van der Waals surface area (Å²) < 4.78 is 66.5. The molecule has 0 saturated heterocycles. The minimum atomic E-state index is -4.51. The van der Waals surface area contributed by atoms with Crippen molar-refractivity contribution in [1.82, 2.24) is 9.62 Å². The van der Waals surface area contributed by atoms with Gasteiger partial charge in [0.05, 0.1) is 10.5 Å². The predicted octanol–water partition coefficient (Wildman–Crippen LogP) is 3.79. The molecule has 0 aliphatic carbocycles. The number of carbonyl (C=O) groups excluding carboxylic acids is 1. The minimum absolute atomic E-state index is 0.0266. The lowest BCUT2D eigenvalue weighted by Gasteiger charge is -2.20. The number of nitrogens with one attached hydrogen (secondary N) is 1. The van der Waals surface area contributed by atoms with E-state index in [2.05, 4.69) is 20.7 Å². The number of hydrogen-bond acceptors (Lipinski definition) is 3. The fraction of sp³-hybridized carbons (Fsp3) is 0.278. The number of benzene rings is 2. The van der Waals surface area contributed by atoms with E-state index in [1.54, 1.807) is 12.1 Å². The Labute approximate surface area is 169 Å². The molecule has 28 heavy (non-hydrogen) atoms. The van der Waals surface area contributed by atoms with Gasteiger partial charge in [-0.2, -0.15) is 13.2 Å². The maximum Gasteiger partial charge on any atom is 0.416 e. The van der Waals surface area contributed by atoms with Crippen LogP contribution in [0.15, 0.2) is 57.9 Å². The van der Waals surface area contributed by atoms with E-state index >= 15 is 0 Å². The zero-order valence-electron chi connectivity index (χ0n) is 14.8. The van der Waals surface area contributed by atoms with Crippen LogP contribution in [-0.4, -0.2) is 32.8 Å². The summed E-state index contributed by atoms with van der Waals surface area (Å²) in [4.78, 5) is 13.4. The summed E-state index contributed by atoms with van der Waals surface area (Å²) in [7, 11) is -2.40. The first-order valence-corrected chi connectivity index (χ1v) is 10.4. The maximum absolute atomic E-state index is 13.0. The molecule has 0 bridgehead atoms. The molecule has 152 valence electrons. The van der Waals surface area contributed by atoms with E-state index in [-0.39, 0.29) is 30.0 Å². The van der Waals surface area contributed by atoms with Gasteiger partial charge >= 0.3 is 6.18 Å². The number of nitrogens with zero attached hydrogens (tertiary/aromatic N) is 1. The standard InChI is InChI=1S/C18H18BrF3N2O3S/c1-24(12-13-4-2-3-5-16(13)18(20,21)22)17(25)10-11-23-28(26,27)15-8-6-14(19)7-9-15/h2-9,23H,10-12H2,1H3. The van der Waals surface area contributed by atoms with Crippen LogP contribution in [0.4, 0.5) is 13.2 Å². The number of rotatable bonds is 7. The molecule has 0 atom stereocenters. The molecule has 0 aliphatic heterocycles. The van der Waals surface area contributed by atoms with Crippen LogP contribution >= 0.6 is 15.9 Å². The second-order valence-corrected chi connectivity index (χ2v) is 8.69. The Morgan fingerprint density at radius 3 is 2.32 bits per heavy atom. The first-order valence-electron chi connectivity index (χ1n) is 8.15. The van der Waals surface area contributed by atoms with Crippen molar-refractivity contribution >= 4 is 31.9 Å². The van der Waals surface area contributed by atoms with Crippen molar-refractivity contribution in [3.63, 3.8) is 0 Å². The highest BCUT2D eigenvalue weighted by atomic mass is 79.9. The topological polar surface area (TPSA) is 66.5 Å². The fourth-order valence-corrected chi connectivity index (χ4v) is 3.75. The van der Waals surface area contributed by atoms with Gasteiger partial charge in [-0.15, -0.1) is 0 Å². The molecule has 0 heterocycles. The third-order valence-electron chi connectivity index (χ3n) is 3.91. The zero-order chi connectivity index (χ0) is 20.9. The zero-order valence-corrected chi connectivity index (χ0v) is 17.2. The largest absolute Gasteiger partial charge is 0.416 e. The third kappa shape index (κ3) is 6.05. The number of hydrogen-bond donors (Lipinski definition) is 1. The van der Waals surface area contributed by atoms with Gasteiger partial charge < -0.3 is 4.90 Å². The third-order valence-corrected chi connectivity index (χ3v) is 5.92. The van der Waals surface area contributed by atoms with Gasteiger partial charge in [-0.05, 0) is 35.9 Å². The van der Waals surface area contributed by atoms with Crippen LogP contribution in [0.3, 0.4) is 0 Å². The van der Waals surface area contributed by atoms with Crippen molar-refractivity contribution in [2.45, 2.75) is 24.0 Å². The van der Waals surface area contributed by atoms with Gasteiger partial charge in [0.2, 0.25) is 15.9 Å². The van der Waals surface area contributed by atoms with Crippen molar-refractivity contribution in [2.75, 3.05) is 13.6 Å². The van der Waals surface area contributed by atoms with Crippen molar-refractivity contribution < 1.29 is 26.4 Å². The lowest BCUT2D eigenvalue weighted by molar-refractivity contribution is -0.139. The van der Waals surface area contributed by atoms with Crippen molar-refractivity contribution in [3.05, 3.63) is 64.1 Å². The van der Waals surface area contributed by atoms with E-state index in [0.717, 1.165) is 15.4 Å². The van der Waals surface area contributed by atoms with E-state index < -0.39 is 27.7 Å². The molecule has 0 radical (unpaired) electrons. The summed E-state index contributed by atoms with van der Waals surface area (Å²) in [5.41, 5.74) is -0.827. The highest BCUT2D eigenvalue weighted by molar-refractivity contribution is 9.10. The summed E-state index contributed by atoms with van der Waals surface area (Å²) in [6, 6.07) is 11.0. The molecular formula is C18H18BrF3N2O3S. The number of alkyl halides is 3. The van der Waals surface area contributed by atoms with E-state index in [4.69, 9.17) is 0 Å². The van der Waals surface area contributed by atoms with Crippen LogP contribution in [0.5, 0.6) is 0 Å². The Hall–Kier alpha value is -1.91. The SMILES string of the molecule is CN(Cc1ccccc1C(F)(F)F)C(=O)CCNS(=O)(=O)c1ccc(Br)cc1. The first kappa shape index (κ1) is 22.4. The molecule has 2 aromatic carbocycles. The number of sulfonamides is 1. The van der Waals surface area contributed by atoms with Gasteiger partial charge in [0, 0.05) is 31.0 Å². The quantitative estimate of drug-likeness (QED) is 0.658. The summed E-state index contributed by atoms with van der Waals surface area (Å²) in [6.45, 7) is -0.392. The average Bonchev–Trinajstić information content (AvgIpc) is 2.61. The molecule has 2 rings (SSSR count). The summed E-state index contributed by atoms with van der Waals surface area (Å²) in [5.74, 6) is -0.476. The molecule has 5 nitrogen and oxygen atoms in total. The van der Waals surface area contributed by atoms with Crippen LogP contribution in [0.2, 0.25) is 0 Å². The summed E-state index contributed by atoms with van der Waals surface area (Å²) >= 11 is 3.21. The molecule has 0 unspecified atom stereocenters. The molecule has 0 spiro atoms. The lowest BCUT2D eigenvalue weighted by atomic mass is 10.1. The summed E-state index contributed by atoms with van der Waals surface area (Å²) in [5, 5.41) is 0. The molecule has 0 aliphatic rings. The lowest BCUT2D eigenvalue weighted by Crippen LogP contribution is -2.32. The van der Waals surface area contributed by atoms with Crippen LogP contribution < -0.4 is 4.72 Å². The molecule has 0 aromatic heterocycles. The Balaban J connectivity index is 1.94. The Morgan fingerprint density at radius 1 is 1.11 bits per heavy atom. The smallest absolute Gasteiger partial charge is 0.341 e. The summed E-state index contributed by atoms with van der Waals surface area (Å²) in [6.07, 6.45) is -4.69. The predicted molar refractivity (Wildman–Crippen MR) is 102 cm³/mol. The van der Waals surface area contributed by atoms with E-state index in [1.807, 2.05) is 0 Å². The molecule has 0 saturated carbocycles. The van der Waals surface area contributed by atoms with Crippen LogP contribution in [0, 0.1) is 0 Å². The van der Waals surface area contributed by atoms with Crippen molar-refractivity contribution in [3.8, 4) is 0 Å². The van der Waals surface area contributed by atoms with Gasteiger partial charge in [-0.25, -0.2) is 13.1 Å². The van der Waals surface area contributed by atoms with Crippen molar-refractivity contribution in [2.24, 2.45) is 0 Å². The van der Waals surface area contributed by atoms with Crippen LogP contribution in [0.25, 0.3) is 0 Å². The number of amides is 1. The highest BCUT2D eigenvalue weighted by Gasteiger charge is 2.33. The molecule has 2 aromatic rings. The Bertz CT molecular complexity index is 932.